The molecule has 152 valence electrons. The number of rotatable bonds is 3. The molecule has 0 amide bonds. The number of hydrogen-bond acceptors (Lipinski definition) is 4. The van der Waals surface area contributed by atoms with Crippen LogP contribution in [0.4, 0.5) is 4.39 Å². The molecular weight excluding hydrogens is 383 g/mol. The van der Waals surface area contributed by atoms with Crippen LogP contribution in [-0.4, -0.2) is 32.2 Å². The number of carbonyl (C=O) groups is 1. The van der Waals surface area contributed by atoms with Crippen LogP contribution in [0.15, 0.2) is 72.5 Å². The van der Waals surface area contributed by atoms with Crippen molar-refractivity contribution >= 4 is 5.78 Å². The molecular formula is C23H22FN4O2+. The van der Waals surface area contributed by atoms with E-state index in [9.17, 15) is 14.3 Å². The van der Waals surface area contributed by atoms with Crippen LogP contribution >= 0.6 is 0 Å². The maximum atomic E-state index is 13.5. The number of nitrogens with two attached hydrogens (primary N) is 1. The van der Waals surface area contributed by atoms with Crippen molar-refractivity contribution in [3.05, 3.63) is 95.0 Å². The van der Waals surface area contributed by atoms with E-state index >= 15 is 0 Å². The predicted octanol–water partition coefficient (Wildman–Crippen LogP) is 2.39. The van der Waals surface area contributed by atoms with E-state index < -0.39 is 6.04 Å². The highest BCUT2D eigenvalue weighted by molar-refractivity contribution is 5.98. The molecule has 7 heteroatoms. The lowest BCUT2D eigenvalue weighted by atomic mass is 9.75. The monoisotopic (exact) mass is 405 g/mol. The van der Waals surface area contributed by atoms with Gasteiger partial charge in [0.05, 0.1) is 12.1 Å². The van der Waals surface area contributed by atoms with Crippen molar-refractivity contribution in [3.63, 3.8) is 0 Å². The SMILES string of the molecule is O=C1C[C@@H](c2ccc(F)cc2)[C@@H](n2cncn2)C(O)=C1[C@@H]1[NH2+]CCc2ccccc21. The lowest BCUT2D eigenvalue weighted by Crippen LogP contribution is -2.88. The van der Waals surface area contributed by atoms with E-state index in [0.717, 1.165) is 24.1 Å². The number of aliphatic hydroxyl groups excluding tert-OH is 1. The molecule has 1 aromatic heterocycles. The fourth-order valence-corrected chi connectivity index (χ4v) is 4.80. The Morgan fingerprint density at radius 2 is 1.93 bits per heavy atom. The number of allylic oxidation sites excluding steroid dienone is 1. The number of halogens is 1. The van der Waals surface area contributed by atoms with Crippen LogP contribution in [0.25, 0.3) is 0 Å². The van der Waals surface area contributed by atoms with Crippen LogP contribution in [-0.2, 0) is 11.2 Å². The minimum absolute atomic E-state index is 0.0176. The highest BCUT2D eigenvalue weighted by Crippen LogP contribution is 2.44. The zero-order valence-electron chi connectivity index (χ0n) is 16.3. The lowest BCUT2D eigenvalue weighted by molar-refractivity contribution is -0.690. The molecule has 0 saturated heterocycles. The van der Waals surface area contributed by atoms with Crippen LogP contribution in [0.1, 0.15) is 41.1 Å². The maximum absolute atomic E-state index is 13.5. The van der Waals surface area contributed by atoms with Gasteiger partial charge in [0, 0.05) is 24.3 Å². The second-order valence-corrected chi connectivity index (χ2v) is 7.86. The van der Waals surface area contributed by atoms with Crippen LogP contribution in [0.2, 0.25) is 0 Å². The highest BCUT2D eigenvalue weighted by Gasteiger charge is 2.44. The lowest BCUT2D eigenvalue weighted by Gasteiger charge is -2.35. The number of ketones is 1. The number of carbonyl (C=O) groups excluding carboxylic acids is 1. The van der Waals surface area contributed by atoms with Gasteiger partial charge in [0.15, 0.2) is 5.78 Å². The molecule has 2 aromatic carbocycles. The van der Waals surface area contributed by atoms with Crippen molar-refractivity contribution in [1.82, 2.24) is 14.8 Å². The molecule has 0 radical (unpaired) electrons. The van der Waals surface area contributed by atoms with E-state index in [4.69, 9.17) is 0 Å². The maximum Gasteiger partial charge on any atom is 0.169 e. The number of aliphatic hydroxyl groups is 1. The van der Waals surface area contributed by atoms with E-state index in [1.54, 1.807) is 23.1 Å². The van der Waals surface area contributed by atoms with Crippen LogP contribution < -0.4 is 5.32 Å². The Bertz CT molecular complexity index is 1110. The van der Waals surface area contributed by atoms with Gasteiger partial charge in [-0.25, -0.2) is 14.1 Å². The number of quaternary nitrogens is 1. The standard InChI is InChI=1S/C23H21FN4O2/c24-16-7-5-15(6-8-16)18-11-19(29)20(23(30)22(18)28-13-25-12-27-28)21-17-4-2-1-3-14(17)9-10-26-21/h1-8,12-13,18,21-22,26,30H,9-11H2/p+1/t18-,21+,22+/m0/s1. The van der Waals surface area contributed by atoms with Gasteiger partial charge in [-0.05, 0) is 23.3 Å². The Labute approximate surface area is 173 Å². The van der Waals surface area contributed by atoms with Crippen molar-refractivity contribution in [2.24, 2.45) is 0 Å². The summed E-state index contributed by atoms with van der Waals surface area (Å²) in [5.74, 6) is -0.769. The Balaban J connectivity index is 1.64. The van der Waals surface area contributed by atoms with Crippen molar-refractivity contribution < 1.29 is 19.6 Å². The number of Topliss-reactive ketones (excluding diaryl/α,β-unsaturated/α-hetero) is 1. The Hall–Kier alpha value is -3.32. The summed E-state index contributed by atoms with van der Waals surface area (Å²) in [6.45, 7) is 0.848. The second-order valence-electron chi connectivity index (χ2n) is 7.86. The van der Waals surface area contributed by atoms with Gasteiger partial charge in [-0.15, -0.1) is 0 Å². The predicted molar refractivity (Wildman–Crippen MR) is 107 cm³/mol. The molecule has 3 atom stereocenters. The van der Waals surface area contributed by atoms with Crippen LogP contribution in [0.5, 0.6) is 0 Å². The molecule has 0 bridgehead atoms. The third-order valence-electron chi connectivity index (χ3n) is 6.18. The number of hydrogen-bond donors (Lipinski definition) is 2. The van der Waals surface area contributed by atoms with Crippen LogP contribution in [0.3, 0.4) is 0 Å². The molecule has 2 heterocycles. The summed E-state index contributed by atoms with van der Waals surface area (Å²) in [4.78, 5) is 17.4. The number of nitrogens with zero attached hydrogens (tertiary/aromatic N) is 3. The van der Waals surface area contributed by atoms with E-state index in [2.05, 4.69) is 21.5 Å². The van der Waals surface area contributed by atoms with Gasteiger partial charge < -0.3 is 10.4 Å². The Morgan fingerprint density at radius 1 is 1.13 bits per heavy atom. The molecule has 3 N–H and O–H groups in total. The topological polar surface area (TPSA) is 84.6 Å². The zero-order chi connectivity index (χ0) is 20.7. The third-order valence-corrected chi connectivity index (χ3v) is 6.18. The molecule has 30 heavy (non-hydrogen) atoms. The van der Waals surface area contributed by atoms with Gasteiger partial charge >= 0.3 is 0 Å². The first kappa shape index (κ1) is 18.7. The van der Waals surface area contributed by atoms with E-state index in [0.29, 0.717) is 5.57 Å². The second kappa shape index (κ2) is 7.50. The van der Waals surface area contributed by atoms with Gasteiger partial charge in [-0.1, -0.05) is 36.4 Å². The van der Waals surface area contributed by atoms with Gasteiger partial charge in [0.1, 0.15) is 36.3 Å². The summed E-state index contributed by atoms with van der Waals surface area (Å²) >= 11 is 0. The minimum atomic E-state index is -0.576. The van der Waals surface area contributed by atoms with Crippen molar-refractivity contribution in [2.45, 2.75) is 30.8 Å². The molecule has 1 aliphatic carbocycles. The summed E-state index contributed by atoms with van der Waals surface area (Å²) in [5.41, 5.74) is 3.48. The third kappa shape index (κ3) is 3.11. The largest absolute Gasteiger partial charge is 0.509 e. The summed E-state index contributed by atoms with van der Waals surface area (Å²) in [6.07, 6.45) is 4.10. The van der Waals surface area contributed by atoms with E-state index in [-0.39, 0.29) is 35.7 Å². The quantitative estimate of drug-likeness (QED) is 0.701. The molecule has 2 aliphatic rings. The Kier molecular flexibility index (Phi) is 4.67. The number of benzene rings is 2. The van der Waals surface area contributed by atoms with Crippen molar-refractivity contribution in [3.8, 4) is 0 Å². The van der Waals surface area contributed by atoms with Crippen molar-refractivity contribution in [2.75, 3.05) is 6.54 Å². The first-order valence-corrected chi connectivity index (χ1v) is 10.1. The minimum Gasteiger partial charge on any atom is -0.509 e. The first-order valence-electron chi connectivity index (χ1n) is 10.1. The molecule has 0 unspecified atom stereocenters. The van der Waals surface area contributed by atoms with Gasteiger partial charge in [0.25, 0.3) is 0 Å². The van der Waals surface area contributed by atoms with Crippen molar-refractivity contribution in [1.29, 1.82) is 0 Å². The normalized spacial score (nSPS) is 24.0. The molecule has 0 spiro atoms. The summed E-state index contributed by atoms with van der Waals surface area (Å²) < 4.78 is 15.1. The van der Waals surface area contributed by atoms with Gasteiger partial charge in [0.2, 0.25) is 0 Å². The average Bonchev–Trinajstić information content (AvgIpc) is 3.28. The zero-order valence-corrected chi connectivity index (χ0v) is 16.3. The Morgan fingerprint density at radius 3 is 2.70 bits per heavy atom. The van der Waals surface area contributed by atoms with Gasteiger partial charge in [-0.2, -0.15) is 5.10 Å². The number of aromatic nitrogens is 3. The molecule has 1 aliphatic heterocycles. The molecule has 5 rings (SSSR count). The molecule has 3 aromatic rings. The summed E-state index contributed by atoms with van der Waals surface area (Å²) in [6, 6.07) is 13.3. The fraction of sp³-hybridized carbons (Fsp3) is 0.261. The van der Waals surface area contributed by atoms with E-state index in [1.165, 1.54) is 24.0 Å². The molecule has 0 saturated carbocycles. The van der Waals surface area contributed by atoms with E-state index in [1.807, 2.05) is 18.2 Å². The number of fused-ring (bicyclic) bond motifs is 1. The van der Waals surface area contributed by atoms with Crippen LogP contribution in [0, 0.1) is 5.82 Å². The smallest absolute Gasteiger partial charge is 0.169 e. The molecule has 6 nitrogen and oxygen atoms in total. The first-order chi connectivity index (χ1) is 14.6. The fourth-order valence-electron chi connectivity index (χ4n) is 4.80. The average molecular weight is 405 g/mol. The molecule has 0 fully saturated rings. The summed E-state index contributed by atoms with van der Waals surface area (Å²) in [5, 5.41) is 17.8. The highest BCUT2D eigenvalue weighted by atomic mass is 19.1. The van der Waals surface area contributed by atoms with Gasteiger partial charge in [-0.3, -0.25) is 4.79 Å². The summed E-state index contributed by atoms with van der Waals surface area (Å²) in [7, 11) is 0.